The Hall–Kier alpha value is -3.48. The standard InChI is InChI=1S/C21H15F3N2O2/c22-21(23,24)15-7-5-6-14(12-15)13-25-20(27)19-18(26-10-3-4-11-26)16-8-1-2-9-17(16)28-19/h1-12H,13H2,(H,25,27). The number of nitrogens with one attached hydrogen (secondary N) is 1. The fraction of sp³-hybridized carbons (Fsp3) is 0.0952. The molecular formula is C21H15F3N2O2. The molecule has 0 spiro atoms. The highest BCUT2D eigenvalue weighted by Gasteiger charge is 2.30. The molecule has 4 aromatic rings. The van der Waals surface area contributed by atoms with Crippen molar-refractivity contribution in [3.05, 3.63) is 89.9 Å². The van der Waals surface area contributed by atoms with E-state index in [1.165, 1.54) is 12.1 Å². The molecule has 0 saturated heterocycles. The van der Waals surface area contributed by atoms with E-state index >= 15 is 0 Å². The number of carbonyl (C=O) groups excluding carboxylic acids is 1. The van der Waals surface area contributed by atoms with Crippen LogP contribution in [0.4, 0.5) is 13.2 Å². The Morgan fingerprint density at radius 1 is 1.00 bits per heavy atom. The molecule has 7 heteroatoms. The summed E-state index contributed by atoms with van der Waals surface area (Å²) in [6.07, 6.45) is -0.845. The summed E-state index contributed by atoms with van der Waals surface area (Å²) in [4.78, 5) is 12.7. The maximum Gasteiger partial charge on any atom is 0.416 e. The smallest absolute Gasteiger partial charge is 0.416 e. The molecule has 0 atom stereocenters. The van der Waals surface area contributed by atoms with Crippen molar-refractivity contribution in [2.24, 2.45) is 0 Å². The number of aromatic nitrogens is 1. The van der Waals surface area contributed by atoms with Crippen molar-refractivity contribution in [1.29, 1.82) is 0 Å². The Bertz CT molecular complexity index is 1130. The summed E-state index contributed by atoms with van der Waals surface area (Å²) in [6, 6.07) is 15.8. The molecule has 0 fully saturated rings. The van der Waals surface area contributed by atoms with E-state index in [2.05, 4.69) is 5.32 Å². The first-order valence-electron chi connectivity index (χ1n) is 8.53. The van der Waals surface area contributed by atoms with Crippen molar-refractivity contribution in [3.63, 3.8) is 0 Å². The van der Waals surface area contributed by atoms with Crippen LogP contribution in [-0.2, 0) is 12.7 Å². The van der Waals surface area contributed by atoms with E-state index in [1.807, 2.05) is 24.3 Å². The minimum Gasteiger partial charge on any atom is -0.449 e. The first kappa shape index (κ1) is 17.9. The second-order valence-corrected chi connectivity index (χ2v) is 6.25. The predicted molar refractivity (Wildman–Crippen MR) is 98.2 cm³/mol. The lowest BCUT2D eigenvalue weighted by Gasteiger charge is -2.10. The molecule has 4 rings (SSSR count). The molecule has 0 aliphatic rings. The molecule has 1 N–H and O–H groups in total. The average Bonchev–Trinajstić information content (AvgIpc) is 3.32. The van der Waals surface area contributed by atoms with Gasteiger partial charge in [0, 0.05) is 24.3 Å². The fourth-order valence-electron chi connectivity index (χ4n) is 3.05. The Morgan fingerprint density at radius 2 is 1.75 bits per heavy atom. The second-order valence-electron chi connectivity index (χ2n) is 6.25. The molecule has 0 unspecified atom stereocenters. The van der Waals surface area contributed by atoms with Crippen LogP contribution in [-0.4, -0.2) is 10.5 Å². The largest absolute Gasteiger partial charge is 0.449 e. The summed E-state index contributed by atoms with van der Waals surface area (Å²) in [5, 5.41) is 3.41. The number of para-hydroxylation sites is 1. The van der Waals surface area contributed by atoms with Crippen LogP contribution in [0.15, 0.2) is 77.5 Å². The van der Waals surface area contributed by atoms with E-state index in [0.29, 0.717) is 16.8 Å². The van der Waals surface area contributed by atoms with Gasteiger partial charge in [0.25, 0.3) is 5.91 Å². The van der Waals surface area contributed by atoms with Crippen molar-refractivity contribution < 1.29 is 22.4 Å². The van der Waals surface area contributed by atoms with E-state index in [9.17, 15) is 18.0 Å². The van der Waals surface area contributed by atoms with Crippen molar-refractivity contribution in [1.82, 2.24) is 9.88 Å². The van der Waals surface area contributed by atoms with E-state index in [4.69, 9.17) is 4.42 Å². The van der Waals surface area contributed by atoms with Crippen LogP contribution in [0.3, 0.4) is 0 Å². The lowest BCUT2D eigenvalue weighted by Crippen LogP contribution is -2.23. The highest BCUT2D eigenvalue weighted by atomic mass is 19.4. The lowest BCUT2D eigenvalue weighted by molar-refractivity contribution is -0.137. The van der Waals surface area contributed by atoms with Crippen molar-refractivity contribution in [3.8, 4) is 5.69 Å². The van der Waals surface area contributed by atoms with Crippen LogP contribution >= 0.6 is 0 Å². The summed E-state index contributed by atoms with van der Waals surface area (Å²) in [5.41, 5.74) is 0.732. The number of nitrogens with zero attached hydrogens (tertiary/aromatic N) is 1. The lowest BCUT2D eigenvalue weighted by atomic mass is 10.1. The number of halogens is 3. The number of benzene rings is 2. The topological polar surface area (TPSA) is 47.2 Å². The zero-order valence-electron chi connectivity index (χ0n) is 14.5. The Labute approximate surface area is 158 Å². The van der Waals surface area contributed by atoms with Gasteiger partial charge >= 0.3 is 6.18 Å². The summed E-state index contributed by atoms with van der Waals surface area (Å²) in [6.45, 7) is -0.0507. The van der Waals surface area contributed by atoms with Gasteiger partial charge in [-0.25, -0.2) is 0 Å². The third kappa shape index (κ3) is 3.38. The van der Waals surface area contributed by atoms with Gasteiger partial charge in [-0.05, 0) is 42.0 Å². The number of hydrogen-bond acceptors (Lipinski definition) is 2. The number of rotatable bonds is 4. The average molecular weight is 384 g/mol. The van der Waals surface area contributed by atoms with Gasteiger partial charge in [0.15, 0.2) is 0 Å². The van der Waals surface area contributed by atoms with Gasteiger partial charge in [-0.2, -0.15) is 13.2 Å². The summed E-state index contributed by atoms with van der Waals surface area (Å²) >= 11 is 0. The first-order valence-corrected chi connectivity index (χ1v) is 8.53. The third-order valence-electron chi connectivity index (χ3n) is 4.35. The minimum atomic E-state index is -4.43. The monoisotopic (exact) mass is 384 g/mol. The van der Waals surface area contributed by atoms with Crippen molar-refractivity contribution in [2.75, 3.05) is 0 Å². The van der Waals surface area contributed by atoms with Gasteiger partial charge in [-0.15, -0.1) is 0 Å². The molecule has 2 heterocycles. The van der Waals surface area contributed by atoms with E-state index in [1.54, 1.807) is 29.1 Å². The van der Waals surface area contributed by atoms with Gasteiger partial charge in [0.2, 0.25) is 5.76 Å². The minimum absolute atomic E-state index is 0.0507. The zero-order chi connectivity index (χ0) is 19.7. The number of hydrogen-bond donors (Lipinski definition) is 1. The summed E-state index contributed by atoms with van der Waals surface area (Å²) < 4.78 is 46.1. The molecule has 0 aliphatic carbocycles. The molecule has 0 aliphatic heterocycles. The molecule has 0 radical (unpaired) electrons. The van der Waals surface area contributed by atoms with Crippen LogP contribution in [0.1, 0.15) is 21.7 Å². The molecule has 1 amide bonds. The normalized spacial score (nSPS) is 11.7. The number of furan rings is 1. The number of amides is 1. The third-order valence-corrected chi connectivity index (χ3v) is 4.35. The molecule has 4 nitrogen and oxygen atoms in total. The maximum atomic E-state index is 12.9. The molecule has 28 heavy (non-hydrogen) atoms. The number of alkyl halides is 3. The first-order chi connectivity index (χ1) is 13.4. The van der Waals surface area contributed by atoms with Gasteiger partial charge in [-0.1, -0.05) is 24.3 Å². The van der Waals surface area contributed by atoms with E-state index < -0.39 is 17.6 Å². The van der Waals surface area contributed by atoms with Gasteiger partial charge in [0.1, 0.15) is 11.3 Å². The quantitative estimate of drug-likeness (QED) is 0.528. The van der Waals surface area contributed by atoms with Gasteiger partial charge in [-0.3, -0.25) is 4.79 Å². The molecule has 142 valence electrons. The SMILES string of the molecule is O=C(NCc1cccc(C(F)(F)F)c1)c1oc2ccccc2c1-n1cccc1. The molecular weight excluding hydrogens is 369 g/mol. The fourth-order valence-corrected chi connectivity index (χ4v) is 3.05. The van der Waals surface area contributed by atoms with Crippen molar-refractivity contribution >= 4 is 16.9 Å². The predicted octanol–water partition coefficient (Wildman–Crippen LogP) is 5.17. The molecule has 2 aromatic heterocycles. The number of carbonyl (C=O) groups is 1. The Balaban J connectivity index is 1.63. The van der Waals surface area contributed by atoms with Crippen LogP contribution in [0.2, 0.25) is 0 Å². The molecule has 0 bridgehead atoms. The van der Waals surface area contributed by atoms with Gasteiger partial charge < -0.3 is 14.3 Å². The van der Waals surface area contributed by atoms with Crippen LogP contribution in [0.5, 0.6) is 0 Å². The highest BCUT2D eigenvalue weighted by molar-refractivity contribution is 6.03. The van der Waals surface area contributed by atoms with Gasteiger partial charge in [0.05, 0.1) is 5.56 Å². The van der Waals surface area contributed by atoms with E-state index in [-0.39, 0.29) is 12.3 Å². The molecule has 2 aromatic carbocycles. The van der Waals surface area contributed by atoms with Crippen molar-refractivity contribution in [2.45, 2.75) is 12.7 Å². The van der Waals surface area contributed by atoms with Crippen LogP contribution in [0.25, 0.3) is 16.7 Å². The Morgan fingerprint density at radius 3 is 2.50 bits per heavy atom. The second kappa shape index (κ2) is 6.92. The summed E-state index contributed by atoms with van der Waals surface area (Å²) in [7, 11) is 0. The summed E-state index contributed by atoms with van der Waals surface area (Å²) in [5.74, 6) is -0.401. The van der Waals surface area contributed by atoms with Crippen LogP contribution < -0.4 is 5.32 Å². The zero-order valence-corrected chi connectivity index (χ0v) is 14.5. The highest BCUT2D eigenvalue weighted by Crippen LogP contribution is 2.31. The molecule has 0 saturated carbocycles. The Kier molecular flexibility index (Phi) is 4.43. The maximum absolute atomic E-state index is 12.9. The van der Waals surface area contributed by atoms with E-state index in [0.717, 1.165) is 17.5 Å². The number of fused-ring (bicyclic) bond motifs is 1. The van der Waals surface area contributed by atoms with Crippen LogP contribution in [0, 0.1) is 0 Å².